The van der Waals surface area contributed by atoms with E-state index < -0.39 is 10.0 Å². The van der Waals surface area contributed by atoms with E-state index in [1.54, 1.807) is 12.1 Å². The second kappa shape index (κ2) is 7.57. The predicted octanol–water partition coefficient (Wildman–Crippen LogP) is 4.47. The van der Waals surface area contributed by atoms with Crippen LogP contribution in [0.1, 0.15) is 32.3 Å². The van der Waals surface area contributed by atoms with Crippen LogP contribution >= 0.6 is 0 Å². The lowest BCUT2D eigenvalue weighted by Gasteiger charge is -2.12. The van der Waals surface area contributed by atoms with Gasteiger partial charge in [0.2, 0.25) is 10.0 Å². The summed E-state index contributed by atoms with van der Waals surface area (Å²) in [4.78, 5) is 0.319. The summed E-state index contributed by atoms with van der Waals surface area (Å²) in [6.45, 7) is 8.36. The summed E-state index contributed by atoms with van der Waals surface area (Å²) >= 11 is 0. The van der Waals surface area contributed by atoms with Gasteiger partial charge in [-0.25, -0.2) is 13.1 Å². The second-order valence-corrected chi connectivity index (χ2v) is 7.34. The zero-order valence-corrected chi connectivity index (χ0v) is 14.5. The van der Waals surface area contributed by atoms with Crippen molar-refractivity contribution in [3.63, 3.8) is 0 Å². The Bertz CT molecular complexity index is 777. The quantitative estimate of drug-likeness (QED) is 0.762. The summed E-state index contributed by atoms with van der Waals surface area (Å²) in [6.07, 6.45) is 1.78. The number of rotatable bonds is 7. The summed E-state index contributed by atoms with van der Waals surface area (Å²) < 4.78 is 27.8. The third-order valence-corrected chi connectivity index (χ3v) is 5.21. The first-order valence-corrected chi connectivity index (χ1v) is 9.29. The molecule has 0 amide bonds. The molecule has 2 aromatic carbocycles. The molecule has 0 aliphatic heterocycles. The van der Waals surface area contributed by atoms with Crippen LogP contribution in [-0.2, 0) is 10.0 Å². The van der Waals surface area contributed by atoms with E-state index in [0.717, 1.165) is 29.5 Å². The highest BCUT2D eigenvalue weighted by Crippen LogP contribution is 2.28. The SMILES string of the molecule is C=C(C)c1ccc(-c2ccccc2S(=O)(=O)NCCCC)cc1. The van der Waals surface area contributed by atoms with Gasteiger partial charge < -0.3 is 0 Å². The predicted molar refractivity (Wildman–Crippen MR) is 96.7 cm³/mol. The van der Waals surface area contributed by atoms with Gasteiger partial charge in [0.15, 0.2) is 0 Å². The van der Waals surface area contributed by atoms with Gasteiger partial charge in [0.05, 0.1) is 4.90 Å². The fourth-order valence-corrected chi connectivity index (χ4v) is 3.64. The minimum absolute atomic E-state index is 0.319. The summed E-state index contributed by atoms with van der Waals surface area (Å²) in [6, 6.07) is 14.9. The van der Waals surface area contributed by atoms with Gasteiger partial charge in [0.1, 0.15) is 0 Å². The molecule has 2 aromatic rings. The molecule has 23 heavy (non-hydrogen) atoms. The van der Waals surface area contributed by atoms with E-state index in [2.05, 4.69) is 11.3 Å². The lowest BCUT2D eigenvalue weighted by molar-refractivity contribution is 0.578. The molecule has 4 heteroatoms. The Morgan fingerprint density at radius 2 is 1.74 bits per heavy atom. The first kappa shape index (κ1) is 17.4. The third-order valence-electron chi connectivity index (χ3n) is 3.69. The largest absolute Gasteiger partial charge is 0.241 e. The van der Waals surface area contributed by atoms with E-state index >= 15 is 0 Å². The highest BCUT2D eigenvalue weighted by atomic mass is 32.2. The molecule has 0 spiro atoms. The first-order chi connectivity index (χ1) is 11.0. The van der Waals surface area contributed by atoms with Crippen LogP contribution in [0.5, 0.6) is 0 Å². The normalized spacial score (nSPS) is 11.4. The summed E-state index contributed by atoms with van der Waals surface area (Å²) in [5, 5.41) is 0. The average molecular weight is 329 g/mol. The number of nitrogens with one attached hydrogen (secondary N) is 1. The van der Waals surface area contributed by atoms with Crippen molar-refractivity contribution in [3.8, 4) is 11.1 Å². The summed E-state index contributed by atoms with van der Waals surface area (Å²) in [5.74, 6) is 0. The van der Waals surface area contributed by atoms with Crippen molar-refractivity contribution in [2.24, 2.45) is 0 Å². The number of unbranched alkanes of at least 4 members (excludes halogenated alkanes) is 1. The van der Waals surface area contributed by atoms with Gasteiger partial charge in [-0.15, -0.1) is 0 Å². The van der Waals surface area contributed by atoms with Gasteiger partial charge in [-0.2, -0.15) is 0 Å². The van der Waals surface area contributed by atoms with Crippen molar-refractivity contribution >= 4 is 15.6 Å². The lowest BCUT2D eigenvalue weighted by atomic mass is 10.0. The zero-order chi connectivity index (χ0) is 16.9. The van der Waals surface area contributed by atoms with E-state index in [1.807, 2.05) is 50.2 Å². The molecule has 3 nitrogen and oxygen atoms in total. The number of hydrogen-bond acceptors (Lipinski definition) is 2. The number of hydrogen-bond donors (Lipinski definition) is 1. The topological polar surface area (TPSA) is 46.2 Å². The molecule has 0 heterocycles. The second-order valence-electron chi connectivity index (χ2n) is 5.61. The van der Waals surface area contributed by atoms with Crippen LogP contribution in [0.25, 0.3) is 16.7 Å². The molecule has 0 radical (unpaired) electrons. The molecular weight excluding hydrogens is 306 g/mol. The van der Waals surface area contributed by atoms with Gasteiger partial charge in [0, 0.05) is 12.1 Å². The first-order valence-electron chi connectivity index (χ1n) is 7.80. The Morgan fingerprint density at radius 1 is 1.09 bits per heavy atom. The number of benzene rings is 2. The van der Waals surface area contributed by atoms with Crippen LogP contribution in [-0.4, -0.2) is 15.0 Å². The number of allylic oxidation sites excluding steroid dienone is 1. The molecule has 1 N–H and O–H groups in total. The van der Waals surface area contributed by atoms with Crippen LogP contribution < -0.4 is 4.72 Å². The molecule has 0 unspecified atom stereocenters. The third kappa shape index (κ3) is 4.30. The fourth-order valence-electron chi connectivity index (χ4n) is 2.33. The van der Waals surface area contributed by atoms with Crippen LogP contribution in [0.4, 0.5) is 0 Å². The van der Waals surface area contributed by atoms with Crippen molar-refractivity contribution in [2.45, 2.75) is 31.6 Å². The highest BCUT2D eigenvalue weighted by Gasteiger charge is 2.18. The van der Waals surface area contributed by atoms with Gasteiger partial charge in [-0.1, -0.05) is 68.0 Å². The molecule has 0 atom stereocenters. The van der Waals surface area contributed by atoms with E-state index in [9.17, 15) is 8.42 Å². The minimum atomic E-state index is -3.51. The standard InChI is InChI=1S/C19H23NO2S/c1-4-5-14-20-23(21,22)19-9-7-6-8-18(19)17-12-10-16(11-13-17)15(2)3/h6-13,20H,2,4-5,14H2,1,3H3. The van der Waals surface area contributed by atoms with Gasteiger partial charge in [-0.3, -0.25) is 0 Å². The maximum absolute atomic E-state index is 12.6. The molecule has 0 aromatic heterocycles. The molecule has 0 saturated heterocycles. The molecule has 0 aliphatic carbocycles. The van der Waals surface area contributed by atoms with Crippen molar-refractivity contribution in [1.29, 1.82) is 0 Å². The Hall–Kier alpha value is -1.91. The Balaban J connectivity index is 2.39. The van der Waals surface area contributed by atoms with Gasteiger partial charge in [0.25, 0.3) is 0 Å². The summed E-state index contributed by atoms with van der Waals surface area (Å²) in [5.41, 5.74) is 3.63. The van der Waals surface area contributed by atoms with Gasteiger partial charge in [-0.05, 0) is 30.5 Å². The molecular formula is C19H23NO2S. The molecule has 0 saturated carbocycles. The van der Waals surface area contributed by atoms with E-state index in [-0.39, 0.29) is 0 Å². The van der Waals surface area contributed by atoms with Crippen LogP contribution in [0, 0.1) is 0 Å². The van der Waals surface area contributed by atoms with Crippen molar-refractivity contribution in [3.05, 3.63) is 60.7 Å². The van der Waals surface area contributed by atoms with E-state index in [4.69, 9.17) is 0 Å². The maximum atomic E-state index is 12.6. The molecule has 122 valence electrons. The Labute approximate surface area is 139 Å². The van der Waals surface area contributed by atoms with Crippen molar-refractivity contribution in [1.82, 2.24) is 4.72 Å². The highest BCUT2D eigenvalue weighted by molar-refractivity contribution is 7.89. The van der Waals surface area contributed by atoms with Crippen molar-refractivity contribution < 1.29 is 8.42 Å². The Morgan fingerprint density at radius 3 is 2.35 bits per heavy atom. The smallest absolute Gasteiger partial charge is 0.211 e. The van der Waals surface area contributed by atoms with Gasteiger partial charge >= 0.3 is 0 Å². The maximum Gasteiger partial charge on any atom is 0.241 e. The van der Waals surface area contributed by atoms with Crippen LogP contribution in [0.2, 0.25) is 0 Å². The van der Waals surface area contributed by atoms with Crippen LogP contribution in [0.3, 0.4) is 0 Å². The summed E-state index contributed by atoms with van der Waals surface area (Å²) in [7, 11) is -3.51. The average Bonchev–Trinajstić information content (AvgIpc) is 2.55. The molecule has 0 aliphatic rings. The fraction of sp³-hybridized carbons (Fsp3) is 0.263. The monoisotopic (exact) mass is 329 g/mol. The minimum Gasteiger partial charge on any atom is -0.211 e. The van der Waals surface area contributed by atoms with Crippen LogP contribution in [0.15, 0.2) is 60.0 Å². The van der Waals surface area contributed by atoms with Crippen molar-refractivity contribution in [2.75, 3.05) is 6.54 Å². The van der Waals surface area contributed by atoms with E-state index in [0.29, 0.717) is 17.0 Å². The zero-order valence-electron chi connectivity index (χ0n) is 13.7. The lowest BCUT2D eigenvalue weighted by Crippen LogP contribution is -2.25. The number of sulfonamides is 1. The molecule has 0 bridgehead atoms. The molecule has 2 rings (SSSR count). The molecule has 0 fully saturated rings. The van der Waals surface area contributed by atoms with E-state index in [1.165, 1.54) is 0 Å². The Kier molecular flexibility index (Phi) is 5.74.